The van der Waals surface area contributed by atoms with Crippen LogP contribution in [0.5, 0.6) is 0 Å². The number of nitrogens with one attached hydrogen (secondary N) is 1. The average Bonchev–Trinajstić information content (AvgIpc) is 3.48. The van der Waals surface area contributed by atoms with E-state index in [1.807, 2.05) is 30.3 Å². The number of allylic oxidation sites excluding steroid dienone is 1. The van der Waals surface area contributed by atoms with Crippen molar-refractivity contribution >= 4 is 5.91 Å². The second-order valence-electron chi connectivity index (χ2n) is 7.70. The van der Waals surface area contributed by atoms with Gasteiger partial charge < -0.3 is 19.9 Å². The first kappa shape index (κ1) is 17.6. The third-order valence-electron chi connectivity index (χ3n) is 5.62. The van der Waals surface area contributed by atoms with E-state index in [0.29, 0.717) is 30.2 Å². The van der Waals surface area contributed by atoms with Gasteiger partial charge in [-0.05, 0) is 61.1 Å². The Bertz CT molecular complexity index is 661. The molecule has 1 heterocycles. The van der Waals surface area contributed by atoms with Crippen LogP contribution in [0.3, 0.4) is 0 Å². The van der Waals surface area contributed by atoms with Gasteiger partial charge in [-0.2, -0.15) is 0 Å². The quantitative estimate of drug-likeness (QED) is 0.787. The Balaban J connectivity index is 1.36. The molecule has 140 valence electrons. The second-order valence-corrected chi connectivity index (χ2v) is 7.70. The first-order valence-electron chi connectivity index (χ1n) is 9.71. The fourth-order valence-corrected chi connectivity index (χ4v) is 3.54. The molecule has 0 spiro atoms. The molecule has 0 bridgehead atoms. The summed E-state index contributed by atoms with van der Waals surface area (Å²) in [5.41, 5.74) is 1.91. The summed E-state index contributed by atoms with van der Waals surface area (Å²) in [7, 11) is 0. The van der Waals surface area contributed by atoms with Gasteiger partial charge in [-0.25, -0.2) is 0 Å². The van der Waals surface area contributed by atoms with E-state index in [2.05, 4.69) is 5.32 Å². The predicted octanol–water partition coefficient (Wildman–Crippen LogP) is 3.02. The molecule has 2 atom stereocenters. The maximum absolute atomic E-state index is 12.5. The summed E-state index contributed by atoms with van der Waals surface area (Å²) in [6.07, 6.45) is 8.22. The number of hydrogen-bond acceptors (Lipinski definition) is 4. The minimum absolute atomic E-state index is 0.0419. The van der Waals surface area contributed by atoms with Crippen molar-refractivity contribution in [2.24, 2.45) is 11.8 Å². The standard InChI is InChI=1S/C21H27NO4/c23-12-14-4-6-15(7-5-14)13-25-20-11-17(16-8-9-16)10-19(26-20)21(24)22-18-2-1-3-18/h4-7,10,16-18,20,23H,1-3,8-9,11-13H2,(H,22,24)/t17-,20+/m1/s1. The van der Waals surface area contributed by atoms with E-state index in [4.69, 9.17) is 14.6 Å². The largest absolute Gasteiger partial charge is 0.459 e. The fraction of sp³-hybridized carbons (Fsp3) is 0.571. The maximum Gasteiger partial charge on any atom is 0.286 e. The molecule has 2 fully saturated rings. The second kappa shape index (κ2) is 7.80. The summed E-state index contributed by atoms with van der Waals surface area (Å²) in [6.45, 7) is 0.478. The van der Waals surface area contributed by atoms with Crippen LogP contribution in [-0.2, 0) is 27.5 Å². The lowest BCUT2D eigenvalue weighted by Gasteiger charge is -2.31. The highest BCUT2D eigenvalue weighted by Gasteiger charge is 2.37. The minimum Gasteiger partial charge on any atom is -0.459 e. The van der Waals surface area contributed by atoms with Gasteiger partial charge in [0.1, 0.15) is 0 Å². The van der Waals surface area contributed by atoms with Gasteiger partial charge in [-0.3, -0.25) is 4.79 Å². The maximum atomic E-state index is 12.5. The molecule has 1 aromatic rings. The van der Waals surface area contributed by atoms with Gasteiger partial charge in [0.05, 0.1) is 13.2 Å². The molecule has 3 aliphatic rings. The lowest BCUT2D eigenvalue weighted by molar-refractivity contribution is -0.154. The summed E-state index contributed by atoms with van der Waals surface area (Å²) in [5.74, 6) is 1.37. The van der Waals surface area contributed by atoms with Gasteiger partial charge in [0.2, 0.25) is 6.29 Å². The molecule has 0 radical (unpaired) electrons. The number of amides is 1. The Kier molecular flexibility index (Phi) is 5.27. The van der Waals surface area contributed by atoms with Crippen molar-refractivity contribution in [2.75, 3.05) is 0 Å². The summed E-state index contributed by atoms with van der Waals surface area (Å²) in [4.78, 5) is 12.5. The molecule has 5 nitrogen and oxygen atoms in total. The summed E-state index contributed by atoms with van der Waals surface area (Å²) >= 11 is 0. The molecule has 2 saturated carbocycles. The van der Waals surface area contributed by atoms with Crippen LogP contribution in [0.4, 0.5) is 0 Å². The Morgan fingerprint density at radius 1 is 1.15 bits per heavy atom. The highest BCUT2D eigenvalue weighted by Crippen LogP contribution is 2.43. The van der Waals surface area contributed by atoms with Crippen molar-refractivity contribution in [2.45, 2.75) is 64.1 Å². The van der Waals surface area contributed by atoms with Crippen molar-refractivity contribution in [1.29, 1.82) is 0 Å². The van der Waals surface area contributed by atoms with Gasteiger partial charge in [-0.1, -0.05) is 24.3 Å². The van der Waals surface area contributed by atoms with Crippen molar-refractivity contribution < 1.29 is 19.4 Å². The van der Waals surface area contributed by atoms with Gasteiger partial charge in [0.25, 0.3) is 5.91 Å². The molecule has 1 amide bonds. The van der Waals surface area contributed by atoms with Gasteiger partial charge in [0.15, 0.2) is 5.76 Å². The Labute approximate surface area is 154 Å². The lowest BCUT2D eigenvalue weighted by Crippen LogP contribution is -2.42. The average molecular weight is 357 g/mol. The first-order valence-corrected chi connectivity index (χ1v) is 9.71. The summed E-state index contributed by atoms with van der Waals surface area (Å²) in [5, 5.41) is 12.2. The van der Waals surface area contributed by atoms with Crippen molar-refractivity contribution in [3.63, 3.8) is 0 Å². The number of ether oxygens (including phenoxy) is 2. The zero-order valence-electron chi connectivity index (χ0n) is 15.0. The molecule has 0 unspecified atom stereocenters. The zero-order valence-corrected chi connectivity index (χ0v) is 15.0. The zero-order chi connectivity index (χ0) is 17.9. The normalized spacial score (nSPS) is 25.8. The van der Waals surface area contributed by atoms with E-state index >= 15 is 0 Å². The van der Waals surface area contributed by atoms with E-state index in [9.17, 15) is 4.79 Å². The molecule has 2 aliphatic carbocycles. The van der Waals surface area contributed by atoms with Crippen LogP contribution in [0.25, 0.3) is 0 Å². The minimum atomic E-state index is -0.384. The molecular formula is C21H27NO4. The van der Waals surface area contributed by atoms with Gasteiger partial charge >= 0.3 is 0 Å². The van der Waals surface area contributed by atoms with E-state index in [1.54, 1.807) is 0 Å². The molecule has 2 N–H and O–H groups in total. The Morgan fingerprint density at radius 3 is 2.50 bits per heavy atom. The third-order valence-corrected chi connectivity index (χ3v) is 5.62. The Morgan fingerprint density at radius 2 is 1.88 bits per heavy atom. The van der Waals surface area contributed by atoms with Crippen molar-refractivity contribution in [3.8, 4) is 0 Å². The summed E-state index contributed by atoms with van der Waals surface area (Å²) < 4.78 is 11.9. The molecule has 26 heavy (non-hydrogen) atoms. The molecule has 0 aromatic heterocycles. The summed E-state index contributed by atoms with van der Waals surface area (Å²) in [6, 6.07) is 7.99. The highest BCUT2D eigenvalue weighted by molar-refractivity contribution is 5.91. The fourth-order valence-electron chi connectivity index (χ4n) is 3.54. The first-order chi connectivity index (χ1) is 12.7. The number of hydrogen-bond donors (Lipinski definition) is 2. The third kappa shape index (κ3) is 4.27. The highest BCUT2D eigenvalue weighted by atomic mass is 16.7. The molecule has 1 aromatic carbocycles. The number of benzene rings is 1. The molecular weight excluding hydrogens is 330 g/mol. The van der Waals surface area contributed by atoms with Crippen LogP contribution in [-0.4, -0.2) is 23.3 Å². The van der Waals surface area contributed by atoms with Crippen LogP contribution >= 0.6 is 0 Å². The number of carbonyl (C=O) groups excluding carboxylic acids is 1. The molecule has 4 rings (SSSR count). The number of rotatable bonds is 7. The van der Waals surface area contributed by atoms with Crippen LogP contribution < -0.4 is 5.32 Å². The van der Waals surface area contributed by atoms with Gasteiger partial charge in [-0.15, -0.1) is 0 Å². The topological polar surface area (TPSA) is 67.8 Å². The lowest BCUT2D eigenvalue weighted by atomic mass is 9.92. The van der Waals surface area contributed by atoms with Crippen LogP contribution in [0, 0.1) is 11.8 Å². The number of aliphatic hydroxyl groups excluding tert-OH is 1. The predicted molar refractivity (Wildman–Crippen MR) is 96.7 cm³/mol. The number of carbonyl (C=O) groups is 1. The number of aliphatic hydroxyl groups is 1. The van der Waals surface area contributed by atoms with Crippen LogP contribution in [0.1, 0.15) is 49.7 Å². The van der Waals surface area contributed by atoms with Crippen molar-refractivity contribution in [3.05, 3.63) is 47.2 Å². The van der Waals surface area contributed by atoms with E-state index < -0.39 is 0 Å². The SMILES string of the molecule is O=C(NC1CCC1)C1=C[C@@H](C2CC2)C[C@@H](OCc2ccc(CO)cc2)O1. The molecule has 5 heteroatoms. The van der Waals surface area contributed by atoms with Crippen LogP contribution in [0.15, 0.2) is 36.1 Å². The monoisotopic (exact) mass is 357 g/mol. The van der Waals surface area contributed by atoms with E-state index in [-0.39, 0.29) is 18.8 Å². The van der Waals surface area contributed by atoms with E-state index in [0.717, 1.165) is 30.4 Å². The van der Waals surface area contributed by atoms with E-state index in [1.165, 1.54) is 19.3 Å². The van der Waals surface area contributed by atoms with Gasteiger partial charge in [0, 0.05) is 12.5 Å². The van der Waals surface area contributed by atoms with Crippen molar-refractivity contribution in [1.82, 2.24) is 5.32 Å². The smallest absolute Gasteiger partial charge is 0.286 e. The van der Waals surface area contributed by atoms with Crippen LogP contribution in [0.2, 0.25) is 0 Å². The molecule has 0 saturated heterocycles. The molecule has 1 aliphatic heterocycles. The Hall–Kier alpha value is -1.85.